The molecule has 0 aromatic rings. The van der Waals surface area contributed by atoms with E-state index in [-0.39, 0.29) is 5.54 Å². The Bertz CT molecular complexity index is 193. The van der Waals surface area contributed by atoms with Gasteiger partial charge in [0, 0.05) is 12.1 Å². The van der Waals surface area contributed by atoms with Gasteiger partial charge in [0.25, 0.3) is 0 Å². The van der Waals surface area contributed by atoms with Crippen molar-refractivity contribution in [2.24, 2.45) is 5.73 Å². The first-order valence-electron chi connectivity index (χ1n) is 5.97. The van der Waals surface area contributed by atoms with E-state index in [1.54, 1.807) is 0 Å². The smallest absolute Gasteiger partial charge is 0.0328 e. The van der Waals surface area contributed by atoms with Gasteiger partial charge in [-0.15, -0.1) is 0 Å². The Labute approximate surface area is 93.7 Å². The minimum atomic E-state index is 0.202. The number of nitrogens with zero attached hydrogens (tertiary/aromatic N) is 1. The first-order chi connectivity index (χ1) is 7.22. The maximum Gasteiger partial charge on any atom is 0.0328 e. The molecule has 88 valence electrons. The monoisotopic (exact) mass is 211 g/mol. The highest BCUT2D eigenvalue weighted by molar-refractivity contribution is 4.94. The SMILES string of the molecule is C/C=C/CCNC1(CN)CCN(C)CC1. The molecule has 3 nitrogen and oxygen atoms in total. The first kappa shape index (κ1) is 12.7. The van der Waals surface area contributed by atoms with Crippen molar-refractivity contribution in [3.8, 4) is 0 Å². The Kier molecular flexibility index (Phi) is 5.29. The standard InChI is InChI=1S/C12H25N3/c1-3-4-5-8-14-12(11-13)6-9-15(2)10-7-12/h3-4,14H,5-11,13H2,1-2H3/b4-3+. The minimum absolute atomic E-state index is 0.202. The fraction of sp³-hybridized carbons (Fsp3) is 0.833. The van der Waals surface area contributed by atoms with E-state index in [0.29, 0.717) is 0 Å². The predicted molar refractivity (Wildman–Crippen MR) is 66.0 cm³/mol. The van der Waals surface area contributed by atoms with Crippen LogP contribution in [-0.2, 0) is 0 Å². The summed E-state index contributed by atoms with van der Waals surface area (Å²) in [6.07, 6.45) is 7.76. The zero-order valence-electron chi connectivity index (χ0n) is 10.1. The molecule has 1 saturated heterocycles. The predicted octanol–water partition coefficient (Wildman–Crippen LogP) is 0.965. The van der Waals surface area contributed by atoms with Crippen molar-refractivity contribution in [2.45, 2.75) is 31.7 Å². The molecule has 0 atom stereocenters. The van der Waals surface area contributed by atoms with E-state index in [0.717, 1.165) is 32.6 Å². The van der Waals surface area contributed by atoms with Crippen LogP contribution in [0.15, 0.2) is 12.2 Å². The molecule has 0 aromatic heterocycles. The Hall–Kier alpha value is -0.380. The van der Waals surface area contributed by atoms with Gasteiger partial charge in [-0.05, 0) is 52.9 Å². The van der Waals surface area contributed by atoms with E-state index in [4.69, 9.17) is 5.73 Å². The third-order valence-electron chi connectivity index (χ3n) is 3.38. The van der Waals surface area contributed by atoms with Gasteiger partial charge < -0.3 is 16.0 Å². The van der Waals surface area contributed by atoms with Crippen LogP contribution >= 0.6 is 0 Å². The first-order valence-corrected chi connectivity index (χ1v) is 5.97. The average Bonchev–Trinajstić information content (AvgIpc) is 2.28. The molecular formula is C12H25N3. The van der Waals surface area contributed by atoms with Crippen molar-refractivity contribution in [3.63, 3.8) is 0 Å². The average molecular weight is 211 g/mol. The lowest BCUT2D eigenvalue weighted by molar-refractivity contribution is 0.163. The summed E-state index contributed by atoms with van der Waals surface area (Å²) < 4.78 is 0. The van der Waals surface area contributed by atoms with Crippen LogP contribution < -0.4 is 11.1 Å². The lowest BCUT2D eigenvalue weighted by Gasteiger charge is -2.40. The molecule has 0 unspecified atom stereocenters. The maximum atomic E-state index is 5.90. The summed E-state index contributed by atoms with van der Waals surface area (Å²) in [5.41, 5.74) is 6.10. The zero-order valence-corrected chi connectivity index (χ0v) is 10.1. The molecular weight excluding hydrogens is 186 g/mol. The summed E-state index contributed by atoms with van der Waals surface area (Å²) in [4.78, 5) is 2.38. The molecule has 1 heterocycles. The van der Waals surface area contributed by atoms with Crippen molar-refractivity contribution in [1.82, 2.24) is 10.2 Å². The van der Waals surface area contributed by atoms with Crippen LogP contribution in [0, 0.1) is 0 Å². The normalized spacial score (nSPS) is 22.3. The number of allylic oxidation sites excluding steroid dienone is 1. The molecule has 1 fully saturated rings. The highest BCUT2D eigenvalue weighted by Crippen LogP contribution is 2.20. The maximum absolute atomic E-state index is 5.90. The summed E-state index contributed by atoms with van der Waals surface area (Å²) in [6, 6.07) is 0. The summed E-state index contributed by atoms with van der Waals surface area (Å²) in [7, 11) is 2.18. The van der Waals surface area contributed by atoms with E-state index < -0.39 is 0 Å². The molecule has 0 aromatic carbocycles. The molecule has 0 radical (unpaired) electrons. The van der Waals surface area contributed by atoms with Crippen molar-refractivity contribution in [2.75, 3.05) is 33.2 Å². The number of nitrogens with one attached hydrogen (secondary N) is 1. The van der Waals surface area contributed by atoms with Gasteiger partial charge >= 0.3 is 0 Å². The van der Waals surface area contributed by atoms with Crippen molar-refractivity contribution < 1.29 is 0 Å². The van der Waals surface area contributed by atoms with Crippen LogP contribution in [0.2, 0.25) is 0 Å². The van der Waals surface area contributed by atoms with Gasteiger partial charge in [0.15, 0.2) is 0 Å². The van der Waals surface area contributed by atoms with Crippen LogP contribution in [0.4, 0.5) is 0 Å². The van der Waals surface area contributed by atoms with Crippen LogP contribution in [0.25, 0.3) is 0 Å². The van der Waals surface area contributed by atoms with Gasteiger partial charge in [0.1, 0.15) is 0 Å². The molecule has 0 amide bonds. The summed E-state index contributed by atoms with van der Waals surface area (Å²) >= 11 is 0. The van der Waals surface area contributed by atoms with Gasteiger partial charge in [-0.3, -0.25) is 0 Å². The summed E-state index contributed by atoms with van der Waals surface area (Å²) in [5.74, 6) is 0. The van der Waals surface area contributed by atoms with E-state index in [1.807, 2.05) is 0 Å². The van der Waals surface area contributed by atoms with E-state index in [9.17, 15) is 0 Å². The number of piperidine rings is 1. The van der Waals surface area contributed by atoms with Gasteiger partial charge in [0.2, 0.25) is 0 Å². The second-order valence-corrected chi connectivity index (χ2v) is 4.57. The second kappa shape index (κ2) is 6.26. The fourth-order valence-electron chi connectivity index (χ4n) is 2.09. The topological polar surface area (TPSA) is 41.3 Å². The van der Waals surface area contributed by atoms with Gasteiger partial charge in [-0.25, -0.2) is 0 Å². The molecule has 1 rings (SSSR count). The number of rotatable bonds is 5. The van der Waals surface area contributed by atoms with Gasteiger partial charge in [-0.2, -0.15) is 0 Å². The molecule has 3 heteroatoms. The highest BCUT2D eigenvalue weighted by Gasteiger charge is 2.31. The Morgan fingerprint density at radius 1 is 1.40 bits per heavy atom. The Morgan fingerprint density at radius 2 is 2.07 bits per heavy atom. The quantitative estimate of drug-likeness (QED) is 0.526. The number of hydrogen-bond acceptors (Lipinski definition) is 3. The number of hydrogen-bond donors (Lipinski definition) is 2. The van der Waals surface area contributed by atoms with Crippen molar-refractivity contribution >= 4 is 0 Å². The third-order valence-corrected chi connectivity index (χ3v) is 3.38. The van der Waals surface area contributed by atoms with E-state index in [1.165, 1.54) is 12.8 Å². The van der Waals surface area contributed by atoms with Crippen molar-refractivity contribution in [1.29, 1.82) is 0 Å². The zero-order chi connectivity index (χ0) is 11.1. The van der Waals surface area contributed by atoms with E-state index >= 15 is 0 Å². The molecule has 3 N–H and O–H groups in total. The lowest BCUT2D eigenvalue weighted by Crippen LogP contribution is -2.57. The number of nitrogens with two attached hydrogens (primary N) is 1. The van der Waals surface area contributed by atoms with Gasteiger partial charge in [0.05, 0.1) is 0 Å². The third kappa shape index (κ3) is 3.93. The Balaban J connectivity index is 2.33. The minimum Gasteiger partial charge on any atom is -0.329 e. The van der Waals surface area contributed by atoms with Gasteiger partial charge in [-0.1, -0.05) is 12.2 Å². The lowest BCUT2D eigenvalue weighted by atomic mass is 9.87. The van der Waals surface area contributed by atoms with Crippen LogP contribution in [0.1, 0.15) is 26.2 Å². The van der Waals surface area contributed by atoms with Crippen LogP contribution in [0.3, 0.4) is 0 Å². The summed E-state index contributed by atoms with van der Waals surface area (Å²) in [5, 5.41) is 3.64. The molecule has 0 aliphatic carbocycles. The molecule has 1 aliphatic heterocycles. The van der Waals surface area contributed by atoms with E-state index in [2.05, 4.69) is 36.3 Å². The second-order valence-electron chi connectivity index (χ2n) is 4.57. The number of likely N-dealkylation sites (tertiary alicyclic amines) is 1. The summed E-state index contributed by atoms with van der Waals surface area (Å²) in [6.45, 7) is 6.19. The Morgan fingerprint density at radius 3 is 2.60 bits per heavy atom. The molecule has 1 aliphatic rings. The molecule has 15 heavy (non-hydrogen) atoms. The molecule has 0 saturated carbocycles. The van der Waals surface area contributed by atoms with Crippen molar-refractivity contribution in [3.05, 3.63) is 12.2 Å². The van der Waals surface area contributed by atoms with Crippen LogP contribution in [0.5, 0.6) is 0 Å². The molecule has 0 bridgehead atoms. The molecule has 0 spiro atoms. The fourth-order valence-corrected chi connectivity index (χ4v) is 2.09. The highest BCUT2D eigenvalue weighted by atomic mass is 15.1. The largest absolute Gasteiger partial charge is 0.329 e. The van der Waals surface area contributed by atoms with Crippen LogP contribution in [-0.4, -0.2) is 43.7 Å².